The fourth-order valence-electron chi connectivity index (χ4n) is 10.8. The lowest BCUT2D eigenvalue weighted by molar-refractivity contribution is 1.15. The van der Waals surface area contributed by atoms with E-state index < -0.39 is 0 Å². The number of aromatic nitrogens is 4. The number of hydrogen-bond acceptors (Lipinski definition) is 2. The summed E-state index contributed by atoms with van der Waals surface area (Å²) in [5.74, 6) is 0. The molecule has 0 amide bonds. The third kappa shape index (κ3) is 4.50. The molecule has 2 aliphatic rings. The summed E-state index contributed by atoms with van der Waals surface area (Å²) < 4.78 is 5.07. The minimum Gasteiger partial charge on any atom is -0.309 e. The summed E-state index contributed by atoms with van der Waals surface area (Å²) in [6.45, 7) is 0. The van der Waals surface area contributed by atoms with Gasteiger partial charge in [0.1, 0.15) is 0 Å². The second-order valence-electron chi connectivity index (χ2n) is 16.5. The van der Waals surface area contributed by atoms with E-state index in [4.69, 9.17) is 9.97 Å². The van der Waals surface area contributed by atoms with Gasteiger partial charge in [0.2, 0.25) is 0 Å². The Kier molecular flexibility index (Phi) is 6.80. The van der Waals surface area contributed by atoms with Gasteiger partial charge in [0.05, 0.1) is 22.1 Å². The zero-order valence-electron chi connectivity index (χ0n) is 33.4. The molecule has 0 aliphatic carbocycles. The maximum Gasteiger partial charge on any atom is 0.0628 e. The fraction of sp³-hybridized carbons (Fsp3) is 0. The van der Waals surface area contributed by atoms with Crippen LogP contribution in [0.3, 0.4) is 0 Å². The highest BCUT2D eigenvalue weighted by atomic mass is 15.0. The SMILES string of the molecule is c1ccc(-n2c3cc(-c4cccc5ccccc45)cc4c5cnccc5c5c(c43)-c3c4c(cc(-c6cccc7ccccc67)cc4n5-c4ccccc4)c4cnccc4c32)cc1. The molecule has 4 nitrogen and oxygen atoms in total. The molecule has 14 rings (SSSR count). The lowest BCUT2D eigenvalue weighted by Crippen LogP contribution is -2.11. The topological polar surface area (TPSA) is 35.6 Å². The Bertz CT molecular complexity index is 3810. The van der Waals surface area contributed by atoms with Crippen LogP contribution in [-0.2, 0) is 0 Å². The predicted molar refractivity (Wildman–Crippen MR) is 259 cm³/mol. The minimum absolute atomic E-state index is 1.11. The average Bonchev–Trinajstić information content (AvgIpc) is 3.35. The summed E-state index contributed by atoms with van der Waals surface area (Å²) in [6, 6.07) is 66.8. The number of para-hydroxylation sites is 2. The Labute approximate surface area is 355 Å². The highest BCUT2D eigenvalue weighted by molar-refractivity contribution is 6.38. The van der Waals surface area contributed by atoms with Crippen LogP contribution in [0.2, 0.25) is 0 Å². The van der Waals surface area contributed by atoms with Crippen molar-refractivity contribution in [3.63, 3.8) is 0 Å². The molecule has 0 saturated carbocycles. The molecule has 0 saturated heterocycles. The first-order chi connectivity index (χ1) is 30.8. The molecule has 0 atom stereocenters. The second-order valence-corrected chi connectivity index (χ2v) is 16.5. The van der Waals surface area contributed by atoms with Crippen LogP contribution >= 0.6 is 0 Å². The third-order valence-electron chi connectivity index (χ3n) is 13.4. The minimum atomic E-state index is 1.11. The molecule has 0 radical (unpaired) electrons. The van der Waals surface area contributed by atoms with Crippen molar-refractivity contribution < 1.29 is 0 Å². The summed E-state index contributed by atoms with van der Waals surface area (Å²) in [5.41, 5.74) is 14.1. The van der Waals surface area contributed by atoms with Crippen molar-refractivity contribution in [1.82, 2.24) is 19.1 Å². The largest absolute Gasteiger partial charge is 0.309 e. The first-order valence-corrected chi connectivity index (χ1v) is 21.2. The van der Waals surface area contributed by atoms with Gasteiger partial charge in [-0.15, -0.1) is 0 Å². The van der Waals surface area contributed by atoms with Crippen LogP contribution in [0.4, 0.5) is 0 Å². The fourth-order valence-corrected chi connectivity index (χ4v) is 10.8. The Balaban J connectivity index is 1.30. The molecular weight excluding hydrogens is 753 g/mol. The molecule has 4 heterocycles. The molecule has 286 valence electrons. The zero-order chi connectivity index (χ0) is 40.5. The van der Waals surface area contributed by atoms with Crippen molar-refractivity contribution in [3.8, 4) is 44.8 Å². The van der Waals surface area contributed by atoms with Gasteiger partial charge in [-0.25, -0.2) is 0 Å². The molecule has 62 heavy (non-hydrogen) atoms. The molecule has 0 bridgehead atoms. The van der Waals surface area contributed by atoms with Crippen molar-refractivity contribution in [2.75, 3.05) is 0 Å². The van der Waals surface area contributed by atoms with Gasteiger partial charge in [0, 0.05) is 79.6 Å². The van der Waals surface area contributed by atoms with Crippen molar-refractivity contribution in [2.45, 2.75) is 0 Å². The number of nitrogens with zero attached hydrogens (tertiary/aromatic N) is 4. The Morgan fingerprint density at radius 2 is 0.742 bits per heavy atom. The first kappa shape index (κ1) is 33.5. The molecule has 2 aromatic heterocycles. The van der Waals surface area contributed by atoms with Gasteiger partial charge in [0.15, 0.2) is 0 Å². The number of fused-ring (bicyclic) bond motifs is 8. The van der Waals surface area contributed by atoms with E-state index in [1.165, 1.54) is 87.5 Å². The number of hydrogen-bond donors (Lipinski definition) is 0. The second kappa shape index (κ2) is 12.6. The van der Waals surface area contributed by atoms with Gasteiger partial charge in [-0.2, -0.15) is 0 Å². The van der Waals surface area contributed by atoms with Crippen LogP contribution in [-0.4, -0.2) is 19.1 Å². The van der Waals surface area contributed by atoms with E-state index >= 15 is 0 Å². The molecular formula is C58H34N4. The lowest BCUT2D eigenvalue weighted by Gasteiger charge is -2.32. The van der Waals surface area contributed by atoms with Crippen LogP contribution in [0.15, 0.2) is 207 Å². The summed E-state index contributed by atoms with van der Waals surface area (Å²) in [7, 11) is 0. The molecule has 10 aromatic carbocycles. The third-order valence-corrected chi connectivity index (χ3v) is 13.4. The predicted octanol–water partition coefficient (Wildman–Crippen LogP) is 15.2. The molecule has 0 fully saturated rings. The Hall–Kier alpha value is -8.34. The van der Waals surface area contributed by atoms with Gasteiger partial charge in [0.25, 0.3) is 0 Å². The van der Waals surface area contributed by atoms with Crippen LogP contribution in [0, 0.1) is 0 Å². The Morgan fingerprint density at radius 1 is 0.323 bits per heavy atom. The van der Waals surface area contributed by atoms with Gasteiger partial charge < -0.3 is 9.13 Å². The zero-order valence-corrected chi connectivity index (χ0v) is 33.4. The molecule has 0 N–H and O–H groups in total. The maximum absolute atomic E-state index is 4.85. The van der Waals surface area contributed by atoms with Gasteiger partial charge >= 0.3 is 0 Å². The standard InChI is InChI=1S/C58H34N4/c1-3-17-39(18-4-1)61-51-31-37(43-23-11-15-35-13-7-9-21-41(35)43)29-47-50-34-60-28-26-46(50)58-56(53(47)51)55-54-48(49-33-59-27-25-45(49)57(55)61)30-38(32-52(54)62(58)40-19-5-2-6-20-40)44-24-12-16-36-14-8-10-22-42(36)44/h1-34H. The summed E-state index contributed by atoms with van der Waals surface area (Å²) in [4.78, 5) is 9.70. The summed E-state index contributed by atoms with van der Waals surface area (Å²) in [5, 5.41) is 14.3. The Morgan fingerprint density at radius 3 is 1.21 bits per heavy atom. The highest BCUT2D eigenvalue weighted by Crippen LogP contribution is 2.55. The molecule has 0 spiro atoms. The van der Waals surface area contributed by atoms with Gasteiger partial charge in [-0.3, -0.25) is 9.97 Å². The number of pyridine rings is 4. The van der Waals surface area contributed by atoms with E-state index in [0.717, 1.165) is 44.0 Å². The number of benzene rings is 10. The van der Waals surface area contributed by atoms with E-state index in [1.54, 1.807) is 0 Å². The van der Waals surface area contributed by atoms with Crippen LogP contribution in [0.5, 0.6) is 0 Å². The van der Waals surface area contributed by atoms with E-state index in [9.17, 15) is 0 Å². The molecule has 4 heteroatoms. The molecule has 12 aromatic rings. The average molecular weight is 787 g/mol. The lowest BCUT2D eigenvalue weighted by atomic mass is 9.81. The normalized spacial score (nSPS) is 12.2. The van der Waals surface area contributed by atoms with Crippen LogP contribution < -0.4 is 0 Å². The first-order valence-electron chi connectivity index (χ1n) is 21.2. The van der Waals surface area contributed by atoms with Crippen molar-refractivity contribution in [1.29, 1.82) is 0 Å². The molecule has 0 unspecified atom stereocenters. The quantitative estimate of drug-likeness (QED) is 0.132. The smallest absolute Gasteiger partial charge is 0.0628 e. The summed E-state index contributed by atoms with van der Waals surface area (Å²) >= 11 is 0. The van der Waals surface area contributed by atoms with E-state index in [-0.39, 0.29) is 0 Å². The molecule has 2 aliphatic heterocycles. The van der Waals surface area contributed by atoms with Crippen LogP contribution in [0.1, 0.15) is 0 Å². The van der Waals surface area contributed by atoms with E-state index in [1.807, 2.05) is 12.4 Å². The summed E-state index contributed by atoms with van der Waals surface area (Å²) in [6.07, 6.45) is 8.08. The van der Waals surface area contributed by atoms with Crippen molar-refractivity contribution in [3.05, 3.63) is 207 Å². The van der Waals surface area contributed by atoms with Gasteiger partial charge in [-0.1, -0.05) is 121 Å². The van der Waals surface area contributed by atoms with E-state index in [0.29, 0.717) is 0 Å². The van der Waals surface area contributed by atoms with E-state index in [2.05, 4.69) is 204 Å². The maximum atomic E-state index is 4.85. The monoisotopic (exact) mass is 786 g/mol. The number of rotatable bonds is 4. The highest BCUT2D eigenvalue weighted by Gasteiger charge is 2.32. The van der Waals surface area contributed by atoms with Gasteiger partial charge in [-0.05, 0) is 115 Å². The van der Waals surface area contributed by atoms with Crippen molar-refractivity contribution >= 4 is 86.7 Å². The van der Waals surface area contributed by atoms with Crippen LogP contribution in [0.25, 0.3) is 131 Å². The van der Waals surface area contributed by atoms with Crippen molar-refractivity contribution in [2.24, 2.45) is 0 Å².